The Hall–Kier alpha value is -1.81. The Balaban J connectivity index is 1.82. The molecule has 94 valence electrons. The Bertz CT molecular complexity index is 550. The van der Waals surface area contributed by atoms with Gasteiger partial charge in [0.1, 0.15) is 5.75 Å². The van der Waals surface area contributed by atoms with Crippen LogP contribution in [0.3, 0.4) is 0 Å². The zero-order chi connectivity index (χ0) is 12.4. The number of benzene rings is 1. The molecule has 2 N–H and O–H groups in total. The van der Waals surface area contributed by atoms with Gasteiger partial charge in [0.25, 0.3) is 0 Å². The second-order valence-electron chi connectivity index (χ2n) is 4.63. The molecule has 2 aromatic rings. The van der Waals surface area contributed by atoms with Crippen LogP contribution in [0.1, 0.15) is 6.42 Å². The molecule has 4 nitrogen and oxygen atoms in total. The highest BCUT2D eigenvalue weighted by Crippen LogP contribution is 2.26. The van der Waals surface area contributed by atoms with E-state index in [1.54, 1.807) is 6.20 Å². The van der Waals surface area contributed by atoms with Gasteiger partial charge in [0, 0.05) is 29.8 Å². The molecule has 0 bridgehead atoms. The number of nitrogens with zero attached hydrogens (tertiary/aromatic N) is 1. The molecule has 1 aliphatic heterocycles. The fourth-order valence-electron chi connectivity index (χ4n) is 2.19. The highest BCUT2D eigenvalue weighted by atomic mass is 16.5. The van der Waals surface area contributed by atoms with Gasteiger partial charge in [-0.05, 0) is 30.7 Å². The highest BCUT2D eigenvalue weighted by molar-refractivity contribution is 5.87. The second-order valence-corrected chi connectivity index (χ2v) is 4.63. The van der Waals surface area contributed by atoms with Crippen molar-refractivity contribution in [2.24, 2.45) is 5.92 Å². The number of anilines is 1. The number of hydrogen-bond donors (Lipinski definition) is 1. The molecule has 0 aliphatic carbocycles. The van der Waals surface area contributed by atoms with Crippen LogP contribution in [0.25, 0.3) is 10.9 Å². The van der Waals surface area contributed by atoms with Crippen LogP contribution >= 0.6 is 0 Å². The van der Waals surface area contributed by atoms with E-state index < -0.39 is 0 Å². The average molecular weight is 244 g/mol. The lowest BCUT2D eigenvalue weighted by Crippen LogP contribution is -2.11. The van der Waals surface area contributed by atoms with Crippen molar-refractivity contribution in [1.29, 1.82) is 0 Å². The van der Waals surface area contributed by atoms with E-state index in [4.69, 9.17) is 15.2 Å². The van der Waals surface area contributed by atoms with Crippen molar-refractivity contribution < 1.29 is 9.47 Å². The first-order valence-electron chi connectivity index (χ1n) is 6.18. The van der Waals surface area contributed by atoms with Crippen LogP contribution in [0.4, 0.5) is 5.69 Å². The van der Waals surface area contributed by atoms with Crippen LogP contribution in [0.2, 0.25) is 0 Å². The van der Waals surface area contributed by atoms with E-state index in [0.717, 1.165) is 42.0 Å². The van der Waals surface area contributed by atoms with Crippen molar-refractivity contribution in [1.82, 2.24) is 4.98 Å². The van der Waals surface area contributed by atoms with Crippen molar-refractivity contribution in [3.8, 4) is 5.75 Å². The molecule has 0 amide bonds. The van der Waals surface area contributed by atoms with E-state index in [-0.39, 0.29) is 0 Å². The second kappa shape index (κ2) is 4.82. The van der Waals surface area contributed by atoms with Crippen molar-refractivity contribution >= 4 is 16.6 Å². The normalized spacial score (nSPS) is 19.2. The number of nitrogen functional groups attached to an aromatic ring is 1. The predicted octanol–water partition coefficient (Wildman–Crippen LogP) is 2.23. The van der Waals surface area contributed by atoms with Crippen molar-refractivity contribution in [3.05, 3.63) is 30.5 Å². The minimum absolute atomic E-state index is 0.502. The van der Waals surface area contributed by atoms with E-state index in [1.807, 2.05) is 24.3 Å². The van der Waals surface area contributed by atoms with E-state index in [2.05, 4.69) is 4.98 Å². The molecular formula is C14H16N2O2. The molecule has 1 atom stereocenters. The van der Waals surface area contributed by atoms with Crippen LogP contribution < -0.4 is 10.5 Å². The molecule has 1 aromatic heterocycles. The van der Waals surface area contributed by atoms with E-state index in [1.165, 1.54) is 0 Å². The van der Waals surface area contributed by atoms with Crippen LogP contribution in [0, 0.1) is 5.92 Å². The monoisotopic (exact) mass is 244 g/mol. The number of pyridine rings is 1. The molecule has 4 heteroatoms. The first kappa shape index (κ1) is 11.3. The number of aromatic nitrogens is 1. The Morgan fingerprint density at radius 3 is 3.17 bits per heavy atom. The summed E-state index contributed by atoms with van der Waals surface area (Å²) in [6.45, 7) is 2.35. The molecule has 1 fully saturated rings. The Kier molecular flexibility index (Phi) is 3.02. The third-order valence-corrected chi connectivity index (χ3v) is 3.23. The van der Waals surface area contributed by atoms with Crippen molar-refractivity contribution in [3.63, 3.8) is 0 Å². The highest BCUT2D eigenvalue weighted by Gasteiger charge is 2.16. The molecule has 1 saturated heterocycles. The van der Waals surface area contributed by atoms with Crippen LogP contribution in [-0.4, -0.2) is 24.8 Å². The van der Waals surface area contributed by atoms with Gasteiger partial charge in [0.2, 0.25) is 0 Å². The largest absolute Gasteiger partial charge is 0.492 e. The van der Waals surface area contributed by atoms with Gasteiger partial charge in [-0.2, -0.15) is 0 Å². The fraction of sp³-hybridized carbons (Fsp3) is 0.357. The summed E-state index contributed by atoms with van der Waals surface area (Å²) in [5.74, 6) is 1.37. The fourth-order valence-corrected chi connectivity index (χ4v) is 2.19. The third-order valence-electron chi connectivity index (χ3n) is 3.23. The topological polar surface area (TPSA) is 57.4 Å². The summed E-state index contributed by atoms with van der Waals surface area (Å²) in [6.07, 6.45) is 2.83. The Morgan fingerprint density at radius 1 is 1.39 bits per heavy atom. The molecule has 3 rings (SSSR count). The number of ether oxygens (including phenoxy) is 2. The summed E-state index contributed by atoms with van der Waals surface area (Å²) in [5, 5.41) is 1.01. The maximum absolute atomic E-state index is 5.88. The number of hydrogen-bond acceptors (Lipinski definition) is 4. The van der Waals surface area contributed by atoms with Crippen LogP contribution in [-0.2, 0) is 4.74 Å². The first-order valence-corrected chi connectivity index (χ1v) is 6.18. The minimum Gasteiger partial charge on any atom is -0.492 e. The summed E-state index contributed by atoms with van der Waals surface area (Å²) in [7, 11) is 0. The van der Waals surface area contributed by atoms with Gasteiger partial charge in [-0.1, -0.05) is 0 Å². The zero-order valence-electron chi connectivity index (χ0n) is 10.1. The quantitative estimate of drug-likeness (QED) is 0.841. The Morgan fingerprint density at radius 2 is 2.33 bits per heavy atom. The third kappa shape index (κ3) is 2.24. The SMILES string of the molecule is Nc1ccc2c(OCC3CCOC3)ccnc2c1. The number of rotatable bonds is 3. The van der Waals surface area contributed by atoms with Gasteiger partial charge in [-0.3, -0.25) is 4.98 Å². The smallest absolute Gasteiger partial charge is 0.130 e. The molecule has 1 aromatic carbocycles. The predicted molar refractivity (Wildman–Crippen MR) is 70.6 cm³/mol. The standard InChI is InChI=1S/C14H16N2O2/c15-11-1-2-12-13(7-11)16-5-3-14(12)18-9-10-4-6-17-8-10/h1-3,5,7,10H,4,6,8-9,15H2. The Labute approximate surface area is 106 Å². The van der Waals surface area contributed by atoms with Gasteiger partial charge in [-0.25, -0.2) is 0 Å². The van der Waals surface area contributed by atoms with E-state index in [0.29, 0.717) is 12.5 Å². The number of fused-ring (bicyclic) bond motifs is 1. The average Bonchev–Trinajstić information content (AvgIpc) is 2.89. The molecule has 0 spiro atoms. The lowest BCUT2D eigenvalue weighted by molar-refractivity contribution is 0.167. The lowest BCUT2D eigenvalue weighted by atomic mass is 10.1. The molecule has 0 saturated carbocycles. The molecule has 18 heavy (non-hydrogen) atoms. The molecular weight excluding hydrogens is 228 g/mol. The summed E-state index contributed by atoms with van der Waals surface area (Å²) in [4.78, 5) is 4.30. The van der Waals surface area contributed by atoms with Gasteiger partial charge < -0.3 is 15.2 Å². The summed E-state index contributed by atoms with van der Waals surface area (Å²) in [6, 6.07) is 7.59. The van der Waals surface area contributed by atoms with Crippen LogP contribution in [0.5, 0.6) is 5.75 Å². The van der Waals surface area contributed by atoms with E-state index in [9.17, 15) is 0 Å². The molecule has 1 unspecified atom stereocenters. The van der Waals surface area contributed by atoms with Crippen LogP contribution in [0.15, 0.2) is 30.5 Å². The molecule has 0 radical (unpaired) electrons. The molecule has 2 heterocycles. The minimum atomic E-state index is 0.502. The van der Waals surface area contributed by atoms with Crippen molar-refractivity contribution in [2.45, 2.75) is 6.42 Å². The van der Waals surface area contributed by atoms with Crippen molar-refractivity contribution in [2.75, 3.05) is 25.6 Å². The summed E-state index contributed by atoms with van der Waals surface area (Å²) < 4.78 is 11.2. The zero-order valence-corrected chi connectivity index (χ0v) is 10.1. The lowest BCUT2D eigenvalue weighted by Gasteiger charge is -2.12. The maximum atomic E-state index is 5.88. The first-order chi connectivity index (χ1) is 8.83. The maximum Gasteiger partial charge on any atom is 0.130 e. The summed E-state index contributed by atoms with van der Waals surface area (Å²) in [5.41, 5.74) is 7.34. The number of nitrogens with two attached hydrogens (primary N) is 1. The van der Waals surface area contributed by atoms with Gasteiger partial charge in [0.15, 0.2) is 0 Å². The van der Waals surface area contributed by atoms with E-state index >= 15 is 0 Å². The van der Waals surface area contributed by atoms with Gasteiger partial charge in [0.05, 0.1) is 18.7 Å². The van der Waals surface area contributed by atoms with Gasteiger partial charge >= 0.3 is 0 Å². The van der Waals surface area contributed by atoms with Gasteiger partial charge in [-0.15, -0.1) is 0 Å². The molecule has 1 aliphatic rings. The summed E-state index contributed by atoms with van der Waals surface area (Å²) >= 11 is 0.